The Bertz CT molecular complexity index is 536. The van der Waals surface area contributed by atoms with Gasteiger partial charge >= 0.3 is 0 Å². The minimum Gasteiger partial charge on any atom is -0.342 e. The lowest BCUT2D eigenvalue weighted by Gasteiger charge is -2.27. The maximum Gasteiger partial charge on any atom is 0.213 e. The van der Waals surface area contributed by atoms with Crippen LogP contribution in [0.15, 0.2) is 52.8 Å². The first-order valence-electron chi connectivity index (χ1n) is 6.56. The molecule has 0 saturated heterocycles. The second-order valence-electron chi connectivity index (χ2n) is 4.66. The minimum atomic E-state index is 0.312. The Labute approximate surface area is 123 Å². The molecule has 20 heavy (non-hydrogen) atoms. The van der Waals surface area contributed by atoms with Crippen LogP contribution in [-0.2, 0) is 6.42 Å². The van der Waals surface area contributed by atoms with Gasteiger partial charge in [-0.15, -0.1) is 11.3 Å². The summed E-state index contributed by atoms with van der Waals surface area (Å²) < 4.78 is 0. The number of hydrogen-bond acceptors (Lipinski definition) is 3. The van der Waals surface area contributed by atoms with Gasteiger partial charge in [-0.2, -0.15) is 0 Å². The van der Waals surface area contributed by atoms with Crippen molar-refractivity contribution in [2.75, 3.05) is 7.05 Å². The van der Waals surface area contributed by atoms with Crippen LogP contribution in [0.25, 0.3) is 0 Å². The van der Waals surface area contributed by atoms with Crippen LogP contribution in [0.2, 0.25) is 0 Å². The average Bonchev–Trinajstić information content (AvgIpc) is 2.98. The molecule has 0 aliphatic rings. The normalized spacial score (nSPS) is 13.1. The maximum atomic E-state index is 5.61. The molecule has 0 aliphatic carbocycles. The summed E-state index contributed by atoms with van der Waals surface area (Å²) in [5, 5.41) is 2.10. The zero-order valence-electron chi connectivity index (χ0n) is 11.8. The molecule has 0 spiro atoms. The van der Waals surface area contributed by atoms with Crippen LogP contribution in [0, 0.1) is 0 Å². The Hall–Kier alpha value is -1.85. The highest BCUT2D eigenvalue weighted by molar-refractivity contribution is 7.09. The van der Waals surface area contributed by atoms with Crippen molar-refractivity contribution in [3.05, 3.63) is 52.7 Å². The summed E-state index contributed by atoms with van der Waals surface area (Å²) in [6, 6.07) is 14.3. The van der Waals surface area contributed by atoms with Gasteiger partial charge in [0.15, 0.2) is 0 Å². The summed E-state index contributed by atoms with van der Waals surface area (Å²) in [4.78, 5) is 7.96. The highest BCUT2D eigenvalue weighted by Gasteiger charge is 2.14. The van der Waals surface area contributed by atoms with Crippen LogP contribution in [0.5, 0.6) is 0 Å². The van der Waals surface area contributed by atoms with Gasteiger partial charge in [0.05, 0.1) is 5.69 Å². The topological polar surface area (TPSA) is 53.6 Å². The summed E-state index contributed by atoms with van der Waals surface area (Å²) in [6.07, 6.45) is 0.976. The van der Waals surface area contributed by atoms with E-state index in [1.807, 2.05) is 37.4 Å². The van der Waals surface area contributed by atoms with Crippen LogP contribution in [0.3, 0.4) is 0 Å². The molecule has 0 aliphatic heterocycles. The van der Waals surface area contributed by atoms with Crippen molar-refractivity contribution in [2.45, 2.75) is 19.4 Å². The van der Waals surface area contributed by atoms with Gasteiger partial charge < -0.3 is 4.90 Å². The predicted molar refractivity (Wildman–Crippen MR) is 86.1 cm³/mol. The fourth-order valence-corrected chi connectivity index (χ4v) is 2.73. The largest absolute Gasteiger partial charge is 0.342 e. The molecule has 2 aromatic rings. The standard InChI is InChI=1S/C15H20N4S/c1-12(11-14-9-6-10-20-14)19(2)15(18-16)17-13-7-4-3-5-8-13/h3-10,12H,11,16H2,1-2H3,(H,17,18). The van der Waals surface area contributed by atoms with E-state index in [0.29, 0.717) is 12.0 Å². The Morgan fingerprint density at radius 3 is 2.65 bits per heavy atom. The fraction of sp³-hybridized carbons (Fsp3) is 0.267. The zero-order chi connectivity index (χ0) is 14.4. The van der Waals surface area contributed by atoms with Crippen LogP contribution < -0.4 is 11.3 Å². The molecule has 1 aromatic carbocycles. The molecule has 3 N–H and O–H groups in total. The number of likely N-dealkylation sites (N-methyl/N-ethyl adjacent to an activating group) is 1. The molecule has 1 heterocycles. The van der Waals surface area contributed by atoms with E-state index in [4.69, 9.17) is 5.84 Å². The summed E-state index contributed by atoms with van der Waals surface area (Å²) >= 11 is 1.77. The van der Waals surface area contributed by atoms with Crippen LogP contribution in [-0.4, -0.2) is 23.9 Å². The third-order valence-corrected chi connectivity index (χ3v) is 4.09. The van der Waals surface area contributed by atoms with E-state index in [2.05, 4.69) is 39.8 Å². The van der Waals surface area contributed by atoms with E-state index < -0.39 is 0 Å². The van der Waals surface area contributed by atoms with Crippen molar-refractivity contribution in [1.82, 2.24) is 10.3 Å². The summed E-state index contributed by atoms with van der Waals surface area (Å²) in [5.74, 6) is 6.28. The number of hydrazine groups is 1. The second kappa shape index (κ2) is 7.07. The highest BCUT2D eigenvalue weighted by atomic mass is 32.1. The van der Waals surface area contributed by atoms with E-state index in [0.717, 1.165) is 12.1 Å². The maximum absolute atomic E-state index is 5.61. The number of thiophene rings is 1. The molecule has 0 amide bonds. The van der Waals surface area contributed by atoms with E-state index >= 15 is 0 Å². The van der Waals surface area contributed by atoms with Crippen molar-refractivity contribution in [2.24, 2.45) is 10.8 Å². The number of nitrogens with one attached hydrogen (secondary N) is 1. The van der Waals surface area contributed by atoms with Crippen molar-refractivity contribution in [1.29, 1.82) is 0 Å². The number of para-hydroxylation sites is 1. The molecule has 1 unspecified atom stereocenters. The van der Waals surface area contributed by atoms with Gasteiger partial charge in [0.1, 0.15) is 0 Å². The molecule has 5 heteroatoms. The van der Waals surface area contributed by atoms with Gasteiger partial charge in [0.2, 0.25) is 5.96 Å². The number of benzene rings is 1. The van der Waals surface area contributed by atoms with Crippen LogP contribution in [0.1, 0.15) is 11.8 Å². The molecule has 0 saturated carbocycles. The van der Waals surface area contributed by atoms with Gasteiger partial charge in [-0.3, -0.25) is 5.43 Å². The molecule has 106 valence electrons. The number of nitrogens with two attached hydrogens (primary N) is 1. The number of hydrogen-bond donors (Lipinski definition) is 2. The zero-order valence-corrected chi connectivity index (χ0v) is 12.6. The second-order valence-corrected chi connectivity index (χ2v) is 5.69. The lowest BCUT2D eigenvalue weighted by Crippen LogP contribution is -2.47. The van der Waals surface area contributed by atoms with Gasteiger partial charge in [-0.1, -0.05) is 24.3 Å². The smallest absolute Gasteiger partial charge is 0.213 e. The number of rotatable bonds is 4. The molecule has 4 nitrogen and oxygen atoms in total. The summed E-state index contributed by atoms with van der Waals surface area (Å²) in [6.45, 7) is 2.16. The number of aliphatic imine (C=N–C) groups is 1. The molecule has 0 bridgehead atoms. The van der Waals surface area contributed by atoms with E-state index in [-0.39, 0.29) is 0 Å². The third-order valence-electron chi connectivity index (χ3n) is 3.19. The monoisotopic (exact) mass is 288 g/mol. The van der Waals surface area contributed by atoms with Crippen molar-refractivity contribution in [3.63, 3.8) is 0 Å². The minimum absolute atomic E-state index is 0.312. The molecule has 0 radical (unpaired) electrons. The Morgan fingerprint density at radius 2 is 2.05 bits per heavy atom. The molecular formula is C15H20N4S. The van der Waals surface area contributed by atoms with E-state index in [1.165, 1.54) is 4.88 Å². The van der Waals surface area contributed by atoms with Crippen LogP contribution >= 0.6 is 11.3 Å². The Kier molecular flexibility index (Phi) is 5.15. The predicted octanol–water partition coefficient (Wildman–Crippen LogP) is 2.76. The van der Waals surface area contributed by atoms with Crippen molar-refractivity contribution < 1.29 is 0 Å². The van der Waals surface area contributed by atoms with Crippen LogP contribution in [0.4, 0.5) is 5.69 Å². The Morgan fingerprint density at radius 1 is 1.30 bits per heavy atom. The Balaban J connectivity index is 2.08. The van der Waals surface area contributed by atoms with Gasteiger partial charge in [-0.05, 0) is 30.5 Å². The molecule has 0 fully saturated rings. The first kappa shape index (κ1) is 14.6. The van der Waals surface area contributed by atoms with Gasteiger partial charge in [-0.25, -0.2) is 10.8 Å². The van der Waals surface area contributed by atoms with E-state index in [9.17, 15) is 0 Å². The van der Waals surface area contributed by atoms with Crippen molar-refractivity contribution >= 4 is 23.0 Å². The third kappa shape index (κ3) is 3.82. The molecular weight excluding hydrogens is 268 g/mol. The summed E-state index contributed by atoms with van der Waals surface area (Å²) in [7, 11) is 2.00. The summed E-state index contributed by atoms with van der Waals surface area (Å²) in [5.41, 5.74) is 3.57. The van der Waals surface area contributed by atoms with Gasteiger partial charge in [0.25, 0.3) is 0 Å². The SMILES string of the molecule is CC(Cc1cccs1)N(C)C(=Nc1ccccc1)NN. The van der Waals surface area contributed by atoms with E-state index in [1.54, 1.807) is 11.3 Å². The highest BCUT2D eigenvalue weighted by Crippen LogP contribution is 2.15. The molecule has 2 rings (SSSR count). The quantitative estimate of drug-likeness (QED) is 0.394. The fourth-order valence-electron chi connectivity index (χ4n) is 1.90. The first-order valence-corrected chi connectivity index (χ1v) is 7.44. The lowest BCUT2D eigenvalue weighted by molar-refractivity contribution is 0.377. The molecule has 1 aromatic heterocycles. The average molecular weight is 288 g/mol. The van der Waals surface area contributed by atoms with Gasteiger partial charge in [0, 0.05) is 24.4 Å². The lowest BCUT2D eigenvalue weighted by atomic mass is 10.2. The number of guanidine groups is 1. The number of nitrogens with zero attached hydrogens (tertiary/aromatic N) is 2. The molecule has 1 atom stereocenters. The first-order chi connectivity index (χ1) is 9.70. The van der Waals surface area contributed by atoms with Crippen molar-refractivity contribution in [3.8, 4) is 0 Å².